The Labute approximate surface area is 87.4 Å². The Balaban J connectivity index is 2.63. The lowest BCUT2D eigenvalue weighted by Gasteiger charge is -1.96. The van der Waals surface area contributed by atoms with Crippen molar-refractivity contribution in [3.8, 4) is 0 Å². The smallest absolute Gasteiger partial charge is 0.137 e. The number of thiol groups is 1. The van der Waals surface area contributed by atoms with Gasteiger partial charge in [0.05, 0.1) is 0 Å². The number of rotatable bonds is 2. The van der Waals surface area contributed by atoms with Crippen LogP contribution in [0.3, 0.4) is 0 Å². The molecule has 4 heteroatoms. The molecule has 3 N–H and O–H groups in total. The number of pyridine rings is 1. The molecule has 2 heterocycles. The van der Waals surface area contributed by atoms with Gasteiger partial charge in [-0.15, -0.1) is 0 Å². The van der Waals surface area contributed by atoms with E-state index in [1.165, 1.54) is 0 Å². The van der Waals surface area contributed by atoms with Gasteiger partial charge in [0.2, 0.25) is 0 Å². The third-order valence-electron chi connectivity index (χ3n) is 2.11. The number of nitrogens with two attached hydrogens (primary N) is 1. The molecular weight excluding hydrogens is 194 g/mol. The van der Waals surface area contributed by atoms with Gasteiger partial charge in [-0.25, -0.2) is 4.98 Å². The number of hydrogen-bond acceptors (Lipinski definition) is 3. The molecule has 2 aromatic heterocycles. The van der Waals surface area contributed by atoms with Gasteiger partial charge in [0.25, 0.3) is 0 Å². The lowest BCUT2D eigenvalue weighted by Crippen LogP contribution is -1.96. The maximum atomic E-state index is 5.55. The number of nitrogens with one attached hydrogen (secondary N) is 1. The minimum atomic E-state index is 0.512. The Hall–Kier alpha value is -1.26. The van der Waals surface area contributed by atoms with E-state index in [0.29, 0.717) is 6.54 Å². The molecule has 2 aromatic rings. The third kappa shape index (κ3) is 1.54. The molecular formula is C10H11N3S. The number of hydrogen-bond donors (Lipinski definition) is 3. The van der Waals surface area contributed by atoms with Crippen molar-refractivity contribution in [3.63, 3.8) is 0 Å². The molecule has 0 fully saturated rings. The zero-order chi connectivity index (χ0) is 9.97. The molecule has 0 amide bonds. The first-order chi connectivity index (χ1) is 6.85. The molecule has 0 atom stereocenters. The maximum Gasteiger partial charge on any atom is 0.137 e. The Morgan fingerprint density at radius 3 is 3.14 bits per heavy atom. The van der Waals surface area contributed by atoms with Crippen molar-refractivity contribution < 1.29 is 0 Å². The SMILES string of the molecule is NCc1cnc2[nH]cc(/C=C/S)c2c1. The summed E-state index contributed by atoms with van der Waals surface area (Å²) in [5.41, 5.74) is 8.54. The van der Waals surface area contributed by atoms with Crippen LogP contribution in [-0.2, 0) is 6.54 Å². The second-order valence-electron chi connectivity index (χ2n) is 3.00. The van der Waals surface area contributed by atoms with Crippen molar-refractivity contribution in [1.29, 1.82) is 0 Å². The average molecular weight is 205 g/mol. The van der Waals surface area contributed by atoms with Gasteiger partial charge >= 0.3 is 0 Å². The molecule has 0 bridgehead atoms. The van der Waals surface area contributed by atoms with E-state index in [0.717, 1.165) is 22.2 Å². The Morgan fingerprint density at radius 2 is 2.43 bits per heavy atom. The van der Waals surface area contributed by atoms with Crippen LogP contribution in [0.4, 0.5) is 0 Å². The molecule has 0 saturated carbocycles. The lowest BCUT2D eigenvalue weighted by molar-refractivity contribution is 1.06. The highest BCUT2D eigenvalue weighted by atomic mass is 32.1. The van der Waals surface area contributed by atoms with E-state index in [1.54, 1.807) is 11.6 Å². The normalized spacial score (nSPS) is 11.6. The van der Waals surface area contributed by atoms with Gasteiger partial charge < -0.3 is 10.7 Å². The summed E-state index contributed by atoms with van der Waals surface area (Å²) in [6.45, 7) is 0.512. The van der Waals surface area contributed by atoms with E-state index in [1.807, 2.05) is 18.3 Å². The van der Waals surface area contributed by atoms with Crippen LogP contribution in [0.25, 0.3) is 17.1 Å². The molecule has 0 aromatic carbocycles. The van der Waals surface area contributed by atoms with E-state index in [2.05, 4.69) is 22.6 Å². The monoisotopic (exact) mass is 205 g/mol. The van der Waals surface area contributed by atoms with Crippen LogP contribution in [0.1, 0.15) is 11.1 Å². The van der Waals surface area contributed by atoms with Crippen molar-refractivity contribution in [2.24, 2.45) is 5.73 Å². The van der Waals surface area contributed by atoms with Crippen LogP contribution in [0.5, 0.6) is 0 Å². The molecule has 0 aliphatic heterocycles. The summed E-state index contributed by atoms with van der Waals surface area (Å²) in [5.74, 6) is 0. The fourth-order valence-electron chi connectivity index (χ4n) is 1.40. The zero-order valence-corrected chi connectivity index (χ0v) is 8.46. The van der Waals surface area contributed by atoms with Gasteiger partial charge in [0, 0.05) is 29.9 Å². The summed E-state index contributed by atoms with van der Waals surface area (Å²) in [6, 6.07) is 2.04. The van der Waals surface area contributed by atoms with Crippen molar-refractivity contribution >= 4 is 29.7 Å². The van der Waals surface area contributed by atoms with Crippen LogP contribution in [-0.4, -0.2) is 9.97 Å². The first kappa shape index (κ1) is 9.30. The van der Waals surface area contributed by atoms with Crippen molar-refractivity contribution in [3.05, 3.63) is 35.0 Å². The Morgan fingerprint density at radius 1 is 1.57 bits per heavy atom. The highest BCUT2D eigenvalue weighted by molar-refractivity contribution is 7.83. The van der Waals surface area contributed by atoms with Crippen LogP contribution < -0.4 is 5.73 Å². The number of aromatic amines is 1. The van der Waals surface area contributed by atoms with Gasteiger partial charge in [-0.05, 0) is 23.1 Å². The Kier molecular flexibility index (Phi) is 2.56. The van der Waals surface area contributed by atoms with E-state index in [-0.39, 0.29) is 0 Å². The van der Waals surface area contributed by atoms with E-state index in [4.69, 9.17) is 5.73 Å². The number of aromatic nitrogens is 2. The number of H-pyrrole nitrogens is 1. The summed E-state index contributed by atoms with van der Waals surface area (Å²) in [6.07, 6.45) is 5.61. The predicted octanol–water partition coefficient (Wildman–Crippen LogP) is 1.92. The number of fused-ring (bicyclic) bond motifs is 1. The third-order valence-corrected chi connectivity index (χ3v) is 2.26. The average Bonchev–Trinajstić information content (AvgIpc) is 2.61. The Bertz CT molecular complexity index is 473. The van der Waals surface area contributed by atoms with Gasteiger partial charge in [-0.3, -0.25) is 0 Å². The van der Waals surface area contributed by atoms with Crippen molar-refractivity contribution in [2.75, 3.05) is 0 Å². The largest absolute Gasteiger partial charge is 0.346 e. The van der Waals surface area contributed by atoms with Crippen LogP contribution in [0.2, 0.25) is 0 Å². The quantitative estimate of drug-likeness (QED) is 0.656. The van der Waals surface area contributed by atoms with Crippen LogP contribution in [0, 0.1) is 0 Å². The standard InChI is InChI=1S/C10H11N3S/c11-4-7-3-9-8(1-2-14)6-13-10(9)12-5-7/h1-3,5-6,14H,4,11H2,(H,12,13)/b2-1+. The van der Waals surface area contributed by atoms with E-state index < -0.39 is 0 Å². The maximum absolute atomic E-state index is 5.55. The molecule has 0 aliphatic carbocycles. The minimum Gasteiger partial charge on any atom is -0.346 e. The fourth-order valence-corrected chi connectivity index (χ4v) is 1.56. The van der Waals surface area contributed by atoms with Gasteiger partial charge in [0.1, 0.15) is 5.65 Å². The number of nitrogens with zero attached hydrogens (tertiary/aromatic N) is 1. The summed E-state index contributed by atoms with van der Waals surface area (Å²) in [4.78, 5) is 7.35. The molecule has 72 valence electrons. The van der Waals surface area contributed by atoms with E-state index >= 15 is 0 Å². The van der Waals surface area contributed by atoms with Gasteiger partial charge in [-0.1, -0.05) is 0 Å². The highest BCUT2D eigenvalue weighted by Gasteiger charge is 2.02. The highest BCUT2D eigenvalue weighted by Crippen LogP contribution is 2.18. The summed E-state index contributed by atoms with van der Waals surface area (Å²) >= 11 is 4.04. The zero-order valence-electron chi connectivity index (χ0n) is 7.57. The summed E-state index contributed by atoms with van der Waals surface area (Å²) in [5, 5.41) is 2.79. The van der Waals surface area contributed by atoms with Crippen LogP contribution in [0.15, 0.2) is 23.9 Å². The van der Waals surface area contributed by atoms with Crippen molar-refractivity contribution in [2.45, 2.75) is 6.54 Å². The molecule has 0 radical (unpaired) electrons. The van der Waals surface area contributed by atoms with E-state index in [9.17, 15) is 0 Å². The van der Waals surface area contributed by atoms with Crippen LogP contribution >= 0.6 is 12.6 Å². The summed E-state index contributed by atoms with van der Waals surface area (Å²) < 4.78 is 0. The fraction of sp³-hybridized carbons (Fsp3) is 0.100. The predicted molar refractivity (Wildman–Crippen MR) is 62.0 cm³/mol. The van der Waals surface area contributed by atoms with Gasteiger partial charge in [-0.2, -0.15) is 12.6 Å². The minimum absolute atomic E-state index is 0.512. The lowest BCUT2D eigenvalue weighted by atomic mass is 10.2. The molecule has 3 nitrogen and oxygen atoms in total. The van der Waals surface area contributed by atoms with Gasteiger partial charge in [0.15, 0.2) is 0 Å². The molecule has 0 saturated heterocycles. The molecule has 0 aliphatic rings. The molecule has 0 unspecified atom stereocenters. The molecule has 14 heavy (non-hydrogen) atoms. The molecule has 2 rings (SSSR count). The van der Waals surface area contributed by atoms with Crippen molar-refractivity contribution in [1.82, 2.24) is 9.97 Å². The molecule has 0 spiro atoms. The second kappa shape index (κ2) is 3.86. The topological polar surface area (TPSA) is 54.7 Å². The second-order valence-corrected chi connectivity index (χ2v) is 3.30. The first-order valence-electron chi connectivity index (χ1n) is 4.32. The summed E-state index contributed by atoms with van der Waals surface area (Å²) in [7, 11) is 0. The first-order valence-corrected chi connectivity index (χ1v) is 4.83.